The Labute approximate surface area is 198 Å². The van der Waals surface area contributed by atoms with Gasteiger partial charge in [-0.1, -0.05) is 12.5 Å². The lowest BCUT2D eigenvalue weighted by Crippen LogP contribution is -2.69. The van der Waals surface area contributed by atoms with Crippen molar-refractivity contribution in [3.8, 4) is 0 Å². The van der Waals surface area contributed by atoms with Gasteiger partial charge in [-0.3, -0.25) is 4.99 Å². The number of aromatic nitrogens is 1. The molecule has 2 aliphatic carbocycles. The first-order chi connectivity index (χ1) is 14.1. The van der Waals surface area contributed by atoms with E-state index in [4.69, 9.17) is 9.73 Å². The van der Waals surface area contributed by atoms with Crippen LogP contribution in [0.15, 0.2) is 23.2 Å². The van der Waals surface area contributed by atoms with E-state index in [1.165, 1.54) is 19.3 Å². The fraction of sp³-hybridized carbons (Fsp3) is 0.739. The molecule has 1 aromatic rings. The van der Waals surface area contributed by atoms with Gasteiger partial charge in [0.25, 0.3) is 0 Å². The summed E-state index contributed by atoms with van der Waals surface area (Å²) in [6.45, 7) is 9.97. The molecule has 2 N–H and O–H groups in total. The summed E-state index contributed by atoms with van der Waals surface area (Å²) in [5.41, 5.74) is 1.44. The van der Waals surface area contributed by atoms with Crippen molar-refractivity contribution in [3.05, 3.63) is 23.9 Å². The summed E-state index contributed by atoms with van der Waals surface area (Å²) in [6, 6.07) is 7.25. The number of nitrogens with zero attached hydrogens (tertiary/aromatic N) is 3. The summed E-state index contributed by atoms with van der Waals surface area (Å²) in [5, 5.41) is 7.49. The molecule has 4 rings (SSSR count). The SMILES string of the molecule is CCN=C(NC1CCN(c2cccc(C)n2)CC1)NC1CC(OCC)C12CCC2.I. The van der Waals surface area contributed by atoms with E-state index >= 15 is 0 Å². The van der Waals surface area contributed by atoms with Crippen molar-refractivity contribution in [1.29, 1.82) is 0 Å². The Hall–Kier alpha value is -1.09. The van der Waals surface area contributed by atoms with Gasteiger partial charge in [-0.2, -0.15) is 0 Å². The van der Waals surface area contributed by atoms with Crippen molar-refractivity contribution in [1.82, 2.24) is 15.6 Å². The van der Waals surface area contributed by atoms with Crippen LogP contribution >= 0.6 is 24.0 Å². The van der Waals surface area contributed by atoms with Crippen LogP contribution in [0.4, 0.5) is 5.82 Å². The molecule has 6 nitrogen and oxygen atoms in total. The lowest BCUT2D eigenvalue weighted by atomic mass is 9.51. The number of piperidine rings is 1. The quantitative estimate of drug-likeness (QED) is 0.334. The van der Waals surface area contributed by atoms with Crippen molar-refractivity contribution < 1.29 is 4.74 Å². The zero-order valence-electron chi connectivity index (χ0n) is 18.7. The molecule has 2 unspecified atom stereocenters. The van der Waals surface area contributed by atoms with Crippen LogP contribution in [0, 0.1) is 12.3 Å². The molecule has 1 aromatic heterocycles. The van der Waals surface area contributed by atoms with E-state index in [1.807, 2.05) is 0 Å². The van der Waals surface area contributed by atoms with E-state index < -0.39 is 0 Å². The normalized spacial score (nSPS) is 25.8. The molecule has 2 heterocycles. The maximum absolute atomic E-state index is 6.01. The monoisotopic (exact) mass is 527 g/mol. The topological polar surface area (TPSA) is 61.8 Å². The molecule has 30 heavy (non-hydrogen) atoms. The highest BCUT2D eigenvalue weighted by molar-refractivity contribution is 14.0. The Morgan fingerprint density at radius 3 is 2.60 bits per heavy atom. The van der Waals surface area contributed by atoms with E-state index in [-0.39, 0.29) is 24.0 Å². The molecule has 0 radical (unpaired) electrons. The molecule has 7 heteroatoms. The smallest absolute Gasteiger partial charge is 0.191 e. The fourth-order valence-electron chi connectivity index (χ4n) is 5.25. The van der Waals surface area contributed by atoms with E-state index in [0.29, 0.717) is 23.6 Å². The summed E-state index contributed by atoms with van der Waals surface area (Å²) in [6.07, 6.45) is 7.67. The maximum atomic E-state index is 6.01. The number of aliphatic imine (C=N–C) groups is 1. The number of pyridine rings is 1. The first-order valence-electron chi connectivity index (χ1n) is 11.5. The number of hydrogen-bond donors (Lipinski definition) is 2. The molecule has 0 aromatic carbocycles. The second-order valence-electron chi connectivity index (χ2n) is 8.83. The van der Waals surface area contributed by atoms with Gasteiger partial charge >= 0.3 is 0 Å². The van der Waals surface area contributed by atoms with Crippen molar-refractivity contribution in [2.75, 3.05) is 31.1 Å². The number of nitrogens with one attached hydrogen (secondary N) is 2. The lowest BCUT2D eigenvalue weighted by Gasteiger charge is -2.61. The predicted molar refractivity (Wildman–Crippen MR) is 134 cm³/mol. The summed E-state index contributed by atoms with van der Waals surface area (Å²) in [4.78, 5) is 11.8. The third-order valence-corrected chi connectivity index (χ3v) is 7.10. The number of rotatable bonds is 6. The maximum Gasteiger partial charge on any atom is 0.191 e. The van der Waals surface area contributed by atoms with Crippen molar-refractivity contribution in [3.63, 3.8) is 0 Å². The van der Waals surface area contributed by atoms with Crippen LogP contribution in [-0.2, 0) is 4.74 Å². The van der Waals surface area contributed by atoms with Crippen LogP contribution in [0.25, 0.3) is 0 Å². The second-order valence-corrected chi connectivity index (χ2v) is 8.83. The lowest BCUT2D eigenvalue weighted by molar-refractivity contribution is -0.168. The zero-order chi connectivity index (χ0) is 20.3. The number of aryl methyl sites for hydroxylation is 1. The van der Waals surface area contributed by atoms with E-state index in [1.54, 1.807) is 0 Å². The number of ether oxygens (including phenoxy) is 1. The third kappa shape index (κ3) is 4.87. The summed E-state index contributed by atoms with van der Waals surface area (Å²) < 4.78 is 6.01. The number of hydrogen-bond acceptors (Lipinski definition) is 4. The Morgan fingerprint density at radius 2 is 2.00 bits per heavy atom. The van der Waals surface area contributed by atoms with Crippen LogP contribution in [0.5, 0.6) is 0 Å². The standard InChI is InChI=1S/C23H37N5O.HI/c1-4-24-22(27-19-16-20(29-5-2)23(19)12-7-13-23)26-18-10-14-28(15-11-18)21-9-6-8-17(3)25-21;/h6,8-9,18-20H,4-5,7,10-16H2,1-3H3,(H2,24,26,27);1H. The first kappa shape index (κ1) is 23.6. The highest BCUT2D eigenvalue weighted by Crippen LogP contribution is 2.57. The minimum Gasteiger partial charge on any atom is -0.378 e. The van der Waals surface area contributed by atoms with Crippen LogP contribution in [-0.4, -0.2) is 55.4 Å². The number of halogens is 1. The molecule has 3 fully saturated rings. The Balaban J connectivity index is 0.00000256. The summed E-state index contributed by atoms with van der Waals surface area (Å²) >= 11 is 0. The van der Waals surface area contributed by atoms with Crippen molar-refractivity contribution in [2.45, 2.75) is 77.5 Å². The van der Waals surface area contributed by atoms with Gasteiger partial charge in [-0.15, -0.1) is 24.0 Å². The van der Waals surface area contributed by atoms with Gasteiger partial charge in [0.05, 0.1) is 6.10 Å². The first-order valence-corrected chi connectivity index (χ1v) is 11.5. The van der Waals surface area contributed by atoms with Crippen LogP contribution in [0.2, 0.25) is 0 Å². The van der Waals surface area contributed by atoms with Gasteiger partial charge in [0.1, 0.15) is 5.82 Å². The van der Waals surface area contributed by atoms with Gasteiger partial charge in [0, 0.05) is 49.4 Å². The second kappa shape index (κ2) is 10.5. The Kier molecular flexibility index (Phi) is 8.24. The van der Waals surface area contributed by atoms with Gasteiger partial charge in [0.2, 0.25) is 0 Å². The number of guanidine groups is 1. The van der Waals surface area contributed by atoms with Crippen LogP contribution < -0.4 is 15.5 Å². The Bertz CT molecular complexity index is 715. The molecular formula is C23H38IN5O. The molecule has 168 valence electrons. The molecular weight excluding hydrogens is 489 g/mol. The predicted octanol–water partition coefficient (Wildman–Crippen LogP) is 3.88. The van der Waals surface area contributed by atoms with E-state index in [9.17, 15) is 0 Å². The van der Waals surface area contributed by atoms with Crippen LogP contribution in [0.1, 0.15) is 58.1 Å². The Morgan fingerprint density at radius 1 is 1.23 bits per heavy atom. The highest BCUT2D eigenvalue weighted by Gasteiger charge is 2.59. The molecule has 3 aliphatic rings. The molecule has 1 spiro atoms. The largest absolute Gasteiger partial charge is 0.378 e. The molecule has 0 amide bonds. The third-order valence-electron chi connectivity index (χ3n) is 7.10. The molecule has 1 aliphatic heterocycles. The van der Waals surface area contributed by atoms with Gasteiger partial charge < -0.3 is 20.3 Å². The van der Waals surface area contributed by atoms with Gasteiger partial charge in [-0.25, -0.2) is 4.98 Å². The van der Waals surface area contributed by atoms with Crippen LogP contribution in [0.3, 0.4) is 0 Å². The van der Waals surface area contributed by atoms with Crippen molar-refractivity contribution in [2.24, 2.45) is 10.4 Å². The summed E-state index contributed by atoms with van der Waals surface area (Å²) in [5.74, 6) is 2.10. The van der Waals surface area contributed by atoms with Crippen molar-refractivity contribution >= 4 is 35.8 Å². The highest BCUT2D eigenvalue weighted by atomic mass is 127. The van der Waals surface area contributed by atoms with Gasteiger partial charge in [0.15, 0.2) is 5.96 Å². The molecule has 2 atom stereocenters. The molecule has 1 saturated heterocycles. The average Bonchev–Trinajstić information content (AvgIpc) is 2.66. The molecule has 0 bridgehead atoms. The summed E-state index contributed by atoms with van der Waals surface area (Å²) in [7, 11) is 0. The van der Waals surface area contributed by atoms with E-state index in [2.05, 4.69) is 59.5 Å². The minimum absolute atomic E-state index is 0. The fourth-order valence-corrected chi connectivity index (χ4v) is 5.25. The number of anilines is 1. The molecule has 2 saturated carbocycles. The van der Waals surface area contributed by atoms with E-state index in [0.717, 1.165) is 63.0 Å². The zero-order valence-corrected chi connectivity index (χ0v) is 21.0. The minimum atomic E-state index is 0. The average molecular weight is 527 g/mol. The van der Waals surface area contributed by atoms with Gasteiger partial charge in [-0.05, 0) is 65.0 Å².